The van der Waals surface area contributed by atoms with Gasteiger partial charge in [-0.1, -0.05) is 222 Å². The normalized spacial score (nSPS) is 13.8. The first-order valence-electron chi connectivity index (χ1n) is 25.6. The molecule has 0 atom stereocenters. The van der Waals surface area contributed by atoms with Crippen molar-refractivity contribution in [2.45, 2.75) is 38.5 Å². The zero-order valence-corrected chi connectivity index (χ0v) is 41.6. The molecular weight excluding hydrogens is 907 g/mol. The smallest absolute Gasteiger partial charge is 0.155 e. The molecule has 0 aromatic heterocycles. The van der Waals surface area contributed by atoms with Crippen LogP contribution in [0.25, 0.3) is 76.8 Å². The van der Waals surface area contributed by atoms with Crippen LogP contribution in [0.1, 0.15) is 49.9 Å². The molecule has 0 radical (unpaired) electrons. The summed E-state index contributed by atoms with van der Waals surface area (Å²) in [5, 5.41) is 6.18. The summed E-state index contributed by atoms with van der Waals surface area (Å²) in [7, 11) is 0. The van der Waals surface area contributed by atoms with Crippen molar-refractivity contribution in [3.63, 3.8) is 0 Å². The molecule has 0 unspecified atom stereocenters. The maximum Gasteiger partial charge on any atom is 0.155 e. The Labute approximate surface area is 430 Å². The monoisotopic (exact) mass is 956 g/mol. The topological polar surface area (TPSA) is 6.48 Å². The number of benzene rings is 12. The summed E-state index contributed by atoms with van der Waals surface area (Å²) in [5.41, 5.74) is 16.0. The number of halogens is 2. The van der Waals surface area contributed by atoms with Crippen LogP contribution in [0.5, 0.6) is 0 Å². The molecule has 2 aliphatic carbocycles. The zero-order chi connectivity index (χ0) is 50.0. The van der Waals surface area contributed by atoms with Crippen LogP contribution in [0.4, 0.5) is 42.9 Å². The van der Waals surface area contributed by atoms with Gasteiger partial charge in [0.1, 0.15) is 0 Å². The Kier molecular flexibility index (Phi) is 9.68. The van der Waals surface area contributed by atoms with E-state index in [1.54, 1.807) is 0 Å². The minimum atomic E-state index is -0.301. The summed E-state index contributed by atoms with van der Waals surface area (Å²) >= 11 is 0. The molecule has 0 fully saturated rings. The van der Waals surface area contributed by atoms with Gasteiger partial charge in [0.25, 0.3) is 0 Å². The van der Waals surface area contributed by atoms with E-state index in [2.05, 4.69) is 171 Å². The van der Waals surface area contributed by atoms with Crippen molar-refractivity contribution in [2.24, 2.45) is 0 Å². The molecule has 2 aliphatic rings. The van der Waals surface area contributed by atoms with Gasteiger partial charge in [0.15, 0.2) is 11.6 Å². The molecule has 0 spiro atoms. The minimum Gasteiger partial charge on any atom is -0.306 e. The summed E-state index contributed by atoms with van der Waals surface area (Å²) in [6, 6.07) is 78.9. The van der Waals surface area contributed by atoms with Gasteiger partial charge in [-0.25, -0.2) is 8.78 Å². The molecule has 0 N–H and O–H groups in total. The number of hydrogen-bond donors (Lipinski definition) is 0. The average Bonchev–Trinajstić information content (AvgIpc) is 3.87. The lowest BCUT2D eigenvalue weighted by molar-refractivity contribution is 0.632. The Morgan fingerprint density at radius 3 is 1.05 bits per heavy atom. The summed E-state index contributed by atoms with van der Waals surface area (Å²) < 4.78 is 35.9. The third-order valence-electron chi connectivity index (χ3n) is 16.4. The van der Waals surface area contributed by atoms with E-state index in [1.165, 1.54) is 22.3 Å². The highest BCUT2D eigenvalue weighted by atomic mass is 19.1. The van der Waals surface area contributed by atoms with Crippen LogP contribution in [-0.2, 0) is 10.8 Å². The Morgan fingerprint density at radius 2 is 0.622 bits per heavy atom. The number of rotatable bonds is 8. The van der Waals surface area contributed by atoms with E-state index in [4.69, 9.17) is 0 Å². The quantitative estimate of drug-likeness (QED) is 0.140. The first kappa shape index (κ1) is 43.9. The molecule has 14 rings (SSSR count). The molecule has 0 bridgehead atoms. The van der Waals surface area contributed by atoms with Crippen LogP contribution in [-0.4, -0.2) is 0 Å². The van der Waals surface area contributed by atoms with Crippen LogP contribution in [0, 0.1) is 11.6 Å². The highest BCUT2D eigenvalue weighted by Gasteiger charge is 2.40. The minimum absolute atomic E-state index is 0.278. The molecule has 2 nitrogen and oxygen atoms in total. The number of anilines is 6. The molecule has 0 saturated carbocycles. The second kappa shape index (κ2) is 16.3. The number of fused-ring (bicyclic) bond motifs is 6. The van der Waals surface area contributed by atoms with Crippen LogP contribution in [0.2, 0.25) is 0 Å². The average molecular weight is 957 g/mol. The second-order valence-electron chi connectivity index (χ2n) is 21.0. The molecule has 74 heavy (non-hydrogen) atoms. The summed E-state index contributed by atoms with van der Waals surface area (Å²) in [6.45, 7) is 9.14. The Balaban J connectivity index is 1.05. The SMILES string of the molecule is CC1(C)c2ccccc2-c2c(N(c3cccc(-c4ccccc4)c3F)c3ccc4ccc5c(N(c6cccc(-c7ccccc7)c6F)c6cccc7c6-c6ccccc6C7(C)C)ccc6ccc3c4c65)cccc21. The Bertz CT molecular complexity index is 3960. The third-order valence-corrected chi connectivity index (χ3v) is 16.4. The predicted molar refractivity (Wildman–Crippen MR) is 305 cm³/mol. The highest BCUT2D eigenvalue weighted by molar-refractivity contribution is 6.28. The summed E-state index contributed by atoms with van der Waals surface area (Å²) in [5.74, 6) is -0.601. The van der Waals surface area contributed by atoms with E-state index in [9.17, 15) is 0 Å². The van der Waals surface area contributed by atoms with Gasteiger partial charge < -0.3 is 9.80 Å². The molecule has 354 valence electrons. The first-order valence-corrected chi connectivity index (χ1v) is 25.6. The molecule has 0 aliphatic heterocycles. The van der Waals surface area contributed by atoms with Crippen molar-refractivity contribution < 1.29 is 8.78 Å². The fourth-order valence-electron chi connectivity index (χ4n) is 12.8. The van der Waals surface area contributed by atoms with Gasteiger partial charge in [-0.3, -0.25) is 0 Å². The Morgan fingerprint density at radius 1 is 0.284 bits per heavy atom. The van der Waals surface area contributed by atoms with Gasteiger partial charge in [-0.15, -0.1) is 0 Å². The molecule has 4 heteroatoms. The van der Waals surface area contributed by atoms with E-state index in [0.29, 0.717) is 22.5 Å². The maximum absolute atomic E-state index is 18.0. The van der Waals surface area contributed by atoms with E-state index in [1.807, 2.05) is 97.1 Å². The van der Waals surface area contributed by atoms with Gasteiger partial charge in [-0.2, -0.15) is 0 Å². The lowest BCUT2D eigenvalue weighted by atomic mass is 9.82. The third kappa shape index (κ3) is 6.27. The number of hydrogen-bond acceptors (Lipinski definition) is 2. The lowest BCUT2D eigenvalue weighted by Gasteiger charge is -2.32. The molecular formula is C70H50F2N2. The van der Waals surface area contributed by atoms with Crippen LogP contribution < -0.4 is 9.80 Å². The number of nitrogens with zero attached hydrogens (tertiary/aromatic N) is 2. The summed E-state index contributed by atoms with van der Waals surface area (Å²) in [4.78, 5) is 4.32. The van der Waals surface area contributed by atoms with Crippen molar-refractivity contribution in [3.8, 4) is 44.5 Å². The zero-order valence-electron chi connectivity index (χ0n) is 41.6. The maximum atomic E-state index is 18.0. The van der Waals surface area contributed by atoms with Gasteiger partial charge in [0.05, 0.1) is 34.1 Å². The van der Waals surface area contributed by atoms with Gasteiger partial charge in [0, 0.05) is 43.9 Å². The molecule has 0 heterocycles. The molecule has 12 aromatic rings. The predicted octanol–water partition coefficient (Wildman–Crippen LogP) is 19.7. The van der Waals surface area contributed by atoms with Crippen LogP contribution >= 0.6 is 0 Å². The van der Waals surface area contributed by atoms with Crippen molar-refractivity contribution in [1.29, 1.82) is 0 Å². The van der Waals surface area contributed by atoms with Gasteiger partial charge in [-0.05, 0) is 102 Å². The van der Waals surface area contributed by atoms with Crippen LogP contribution in [0.3, 0.4) is 0 Å². The van der Waals surface area contributed by atoms with Crippen molar-refractivity contribution in [1.82, 2.24) is 0 Å². The van der Waals surface area contributed by atoms with E-state index in [0.717, 1.165) is 88.4 Å². The van der Waals surface area contributed by atoms with Crippen molar-refractivity contribution in [2.75, 3.05) is 9.80 Å². The van der Waals surface area contributed by atoms with E-state index >= 15 is 8.78 Å². The Hall–Kier alpha value is -8.86. The van der Waals surface area contributed by atoms with Gasteiger partial charge in [0.2, 0.25) is 0 Å². The second-order valence-corrected chi connectivity index (χ2v) is 21.0. The van der Waals surface area contributed by atoms with Crippen molar-refractivity contribution in [3.05, 3.63) is 264 Å². The van der Waals surface area contributed by atoms with Gasteiger partial charge >= 0.3 is 0 Å². The molecule has 12 aromatic carbocycles. The fourth-order valence-corrected chi connectivity index (χ4v) is 12.8. The molecule has 0 saturated heterocycles. The highest BCUT2D eigenvalue weighted by Crippen LogP contribution is 2.58. The summed E-state index contributed by atoms with van der Waals surface area (Å²) in [6.07, 6.45) is 0. The van der Waals surface area contributed by atoms with Crippen molar-refractivity contribution >= 4 is 66.4 Å². The molecule has 0 amide bonds. The van der Waals surface area contributed by atoms with Crippen LogP contribution in [0.15, 0.2) is 231 Å². The fraction of sp³-hybridized carbons (Fsp3) is 0.0857. The first-order chi connectivity index (χ1) is 36.1. The van der Waals surface area contributed by atoms with E-state index < -0.39 is 0 Å². The largest absolute Gasteiger partial charge is 0.306 e. The standard InChI is InChI=1S/C70H50F2N2/c1-69(2)53-27-13-11-23-49(53)65-55(69)29-17-31-59(65)73(61-33-15-25-47(67(61)71)43-19-7-5-8-20-43)57-41-37-45-36-40-52-58(42-38-46-35-39-51(57)63(45)64(46)52)74(62-34-16-26-48(68(62)72)44-21-9-6-10-22-44)60-32-18-30-56-66(60)50-24-12-14-28-54(50)70(56,3)4/h5-42H,1-4H3. The van der Waals surface area contributed by atoms with E-state index in [-0.39, 0.29) is 22.5 Å². The lowest BCUT2D eigenvalue weighted by Crippen LogP contribution is -2.17.